The molecule has 1 fully saturated rings. The van der Waals surface area contributed by atoms with Crippen LogP contribution in [-0.4, -0.2) is 51.6 Å². The van der Waals surface area contributed by atoms with Gasteiger partial charge in [0.2, 0.25) is 5.91 Å². The number of carbonyl (C=O) groups excluding carboxylic acids is 2. The maximum absolute atomic E-state index is 12.3. The summed E-state index contributed by atoms with van der Waals surface area (Å²) in [5, 5.41) is 3.59. The van der Waals surface area contributed by atoms with Crippen LogP contribution in [-0.2, 0) is 4.79 Å². The smallest absolute Gasteiger partial charge is 0.289 e. The number of hydrogen-bond donors (Lipinski definition) is 1. The summed E-state index contributed by atoms with van der Waals surface area (Å²) >= 11 is 1.31. The van der Waals surface area contributed by atoms with E-state index in [1.54, 1.807) is 23.2 Å². The summed E-state index contributed by atoms with van der Waals surface area (Å²) in [6.07, 6.45) is 4.88. The van der Waals surface area contributed by atoms with Gasteiger partial charge in [0.25, 0.3) is 5.91 Å². The minimum Gasteiger partial charge on any atom is -0.459 e. The topological polar surface area (TPSA) is 88.3 Å². The maximum atomic E-state index is 12.3. The molecule has 3 rings (SSSR count). The predicted octanol–water partition coefficient (Wildman–Crippen LogP) is 1.89. The molecule has 1 atom stereocenters. The fourth-order valence-corrected chi connectivity index (χ4v) is 3.42. The molecule has 7 nitrogen and oxygen atoms in total. The van der Waals surface area contributed by atoms with E-state index in [9.17, 15) is 9.59 Å². The lowest BCUT2D eigenvalue weighted by Gasteiger charge is -2.32. The molecule has 1 aliphatic heterocycles. The number of hydrogen-bond acceptors (Lipinski definition) is 6. The Hall–Kier alpha value is -2.35. The molecular formula is C17H20N4O3S. The third-order valence-electron chi connectivity index (χ3n) is 3.91. The van der Waals surface area contributed by atoms with Crippen molar-refractivity contribution in [2.75, 3.05) is 18.8 Å². The van der Waals surface area contributed by atoms with Gasteiger partial charge in [-0.1, -0.05) is 11.8 Å². The average Bonchev–Trinajstić information content (AvgIpc) is 3.14. The first-order valence-corrected chi connectivity index (χ1v) is 9.15. The Morgan fingerprint density at radius 1 is 1.44 bits per heavy atom. The molecule has 0 radical (unpaired) electrons. The summed E-state index contributed by atoms with van der Waals surface area (Å²) in [6.45, 7) is 3.06. The molecule has 0 saturated carbocycles. The van der Waals surface area contributed by atoms with Gasteiger partial charge in [-0.2, -0.15) is 0 Å². The molecule has 25 heavy (non-hydrogen) atoms. The molecule has 1 saturated heterocycles. The highest BCUT2D eigenvalue weighted by atomic mass is 32.2. The van der Waals surface area contributed by atoms with E-state index in [1.807, 2.05) is 13.0 Å². The van der Waals surface area contributed by atoms with E-state index in [2.05, 4.69) is 15.3 Å². The van der Waals surface area contributed by atoms with Crippen molar-refractivity contribution >= 4 is 23.6 Å². The quantitative estimate of drug-likeness (QED) is 0.647. The second-order valence-electron chi connectivity index (χ2n) is 5.90. The van der Waals surface area contributed by atoms with Crippen molar-refractivity contribution in [1.29, 1.82) is 0 Å². The molecule has 1 N–H and O–H groups in total. The van der Waals surface area contributed by atoms with Crippen LogP contribution in [0.3, 0.4) is 0 Å². The van der Waals surface area contributed by atoms with Crippen molar-refractivity contribution in [3.8, 4) is 0 Å². The standard InChI is InChI=1S/C17H20N4O3S/c1-12-6-7-18-17(19-12)25-11-15(22)20-13-4-2-8-21(10-13)16(23)14-5-3-9-24-14/h3,5-7,9,13H,2,4,8,10-11H2,1H3,(H,20,22). The molecule has 8 heteroatoms. The average molecular weight is 360 g/mol. The second kappa shape index (κ2) is 8.15. The van der Waals surface area contributed by atoms with Gasteiger partial charge >= 0.3 is 0 Å². The normalized spacial score (nSPS) is 17.3. The van der Waals surface area contributed by atoms with Crippen LogP contribution in [0.25, 0.3) is 0 Å². The lowest BCUT2D eigenvalue weighted by molar-refractivity contribution is -0.119. The maximum Gasteiger partial charge on any atom is 0.289 e. The zero-order chi connectivity index (χ0) is 17.6. The first kappa shape index (κ1) is 17.5. The Morgan fingerprint density at radius 2 is 2.32 bits per heavy atom. The van der Waals surface area contributed by atoms with Crippen molar-refractivity contribution < 1.29 is 14.0 Å². The third-order valence-corrected chi connectivity index (χ3v) is 4.77. The van der Waals surface area contributed by atoms with Crippen molar-refractivity contribution in [1.82, 2.24) is 20.2 Å². The van der Waals surface area contributed by atoms with Crippen LogP contribution in [0.15, 0.2) is 40.2 Å². The van der Waals surface area contributed by atoms with Crippen LogP contribution in [0.4, 0.5) is 0 Å². The number of aromatic nitrogens is 2. The van der Waals surface area contributed by atoms with Crippen LogP contribution < -0.4 is 5.32 Å². The van der Waals surface area contributed by atoms with Gasteiger partial charge in [0, 0.05) is 31.0 Å². The number of carbonyl (C=O) groups is 2. The molecule has 2 aromatic heterocycles. The number of furan rings is 1. The third kappa shape index (κ3) is 4.82. The van der Waals surface area contributed by atoms with E-state index in [0.717, 1.165) is 18.5 Å². The molecule has 0 bridgehead atoms. The Labute approximate surface area is 150 Å². The highest BCUT2D eigenvalue weighted by molar-refractivity contribution is 7.99. The first-order chi connectivity index (χ1) is 12.1. The van der Waals surface area contributed by atoms with Gasteiger partial charge < -0.3 is 14.6 Å². The largest absolute Gasteiger partial charge is 0.459 e. The monoisotopic (exact) mass is 360 g/mol. The summed E-state index contributed by atoms with van der Waals surface area (Å²) < 4.78 is 5.17. The minimum absolute atomic E-state index is 0.0424. The van der Waals surface area contributed by atoms with Gasteiger partial charge in [-0.05, 0) is 38.0 Å². The molecule has 2 amide bonds. The summed E-state index contributed by atoms with van der Waals surface area (Å²) in [5.41, 5.74) is 0.872. The molecule has 0 aromatic carbocycles. The Kier molecular flexibility index (Phi) is 5.70. The Bertz CT molecular complexity index is 735. The molecule has 1 aliphatic rings. The fraction of sp³-hybridized carbons (Fsp3) is 0.412. The van der Waals surface area contributed by atoms with Crippen LogP contribution >= 0.6 is 11.8 Å². The number of nitrogens with zero attached hydrogens (tertiary/aromatic N) is 3. The van der Waals surface area contributed by atoms with Crippen molar-refractivity contribution in [2.45, 2.75) is 31.0 Å². The zero-order valence-electron chi connectivity index (χ0n) is 14.0. The Balaban J connectivity index is 1.48. The molecule has 3 heterocycles. The number of amides is 2. The van der Waals surface area contributed by atoms with Crippen LogP contribution in [0.2, 0.25) is 0 Å². The number of aryl methyl sites for hydroxylation is 1. The molecule has 132 valence electrons. The highest BCUT2D eigenvalue weighted by Gasteiger charge is 2.26. The lowest BCUT2D eigenvalue weighted by Crippen LogP contribution is -2.50. The van der Waals surface area contributed by atoms with Gasteiger partial charge in [-0.3, -0.25) is 9.59 Å². The van der Waals surface area contributed by atoms with Crippen LogP contribution in [0, 0.1) is 6.92 Å². The van der Waals surface area contributed by atoms with Gasteiger partial charge in [0.05, 0.1) is 12.0 Å². The first-order valence-electron chi connectivity index (χ1n) is 8.16. The number of thioether (sulfide) groups is 1. The molecule has 2 aromatic rings. The second-order valence-corrected chi connectivity index (χ2v) is 6.85. The number of piperidine rings is 1. The van der Waals surface area contributed by atoms with Crippen molar-refractivity contribution in [3.05, 3.63) is 42.1 Å². The van der Waals surface area contributed by atoms with Gasteiger partial charge in [-0.25, -0.2) is 9.97 Å². The molecular weight excluding hydrogens is 340 g/mol. The summed E-state index contributed by atoms with van der Waals surface area (Å²) in [5.74, 6) is 0.379. The van der Waals surface area contributed by atoms with Gasteiger partial charge in [-0.15, -0.1) is 0 Å². The number of likely N-dealkylation sites (tertiary alicyclic amines) is 1. The van der Waals surface area contributed by atoms with Gasteiger partial charge in [0.15, 0.2) is 10.9 Å². The summed E-state index contributed by atoms with van der Waals surface area (Å²) in [7, 11) is 0. The van der Waals surface area contributed by atoms with Crippen molar-refractivity contribution in [2.24, 2.45) is 0 Å². The molecule has 1 unspecified atom stereocenters. The molecule has 0 aliphatic carbocycles. The van der Waals surface area contributed by atoms with E-state index in [4.69, 9.17) is 4.42 Å². The van der Waals surface area contributed by atoms with Crippen LogP contribution in [0.5, 0.6) is 0 Å². The van der Waals surface area contributed by atoms with E-state index in [1.165, 1.54) is 18.0 Å². The Morgan fingerprint density at radius 3 is 3.08 bits per heavy atom. The SMILES string of the molecule is Cc1ccnc(SCC(=O)NC2CCCN(C(=O)c3ccco3)C2)n1. The fourth-order valence-electron chi connectivity index (χ4n) is 2.73. The molecule has 0 spiro atoms. The number of rotatable bonds is 5. The van der Waals surface area contributed by atoms with Crippen molar-refractivity contribution in [3.63, 3.8) is 0 Å². The summed E-state index contributed by atoms with van der Waals surface area (Å²) in [4.78, 5) is 34.6. The van der Waals surface area contributed by atoms with E-state index in [-0.39, 0.29) is 23.6 Å². The highest BCUT2D eigenvalue weighted by Crippen LogP contribution is 2.16. The zero-order valence-corrected chi connectivity index (χ0v) is 14.8. The van der Waals surface area contributed by atoms with E-state index >= 15 is 0 Å². The van der Waals surface area contributed by atoms with E-state index < -0.39 is 0 Å². The lowest BCUT2D eigenvalue weighted by atomic mass is 10.1. The minimum atomic E-state index is -0.133. The van der Waals surface area contributed by atoms with Gasteiger partial charge in [0.1, 0.15) is 0 Å². The van der Waals surface area contributed by atoms with E-state index in [0.29, 0.717) is 24.0 Å². The number of nitrogens with one attached hydrogen (secondary N) is 1. The van der Waals surface area contributed by atoms with Crippen LogP contribution in [0.1, 0.15) is 29.1 Å². The predicted molar refractivity (Wildman–Crippen MR) is 93.3 cm³/mol. The summed E-state index contributed by atoms with van der Waals surface area (Å²) in [6, 6.07) is 5.13.